The van der Waals surface area contributed by atoms with Crippen molar-refractivity contribution in [1.29, 1.82) is 0 Å². The number of hydrogen-bond donors (Lipinski definition) is 3. The van der Waals surface area contributed by atoms with Gasteiger partial charge in [0, 0.05) is 23.7 Å². The van der Waals surface area contributed by atoms with Crippen LogP contribution >= 0.6 is 11.6 Å². The minimum atomic E-state index is -0.253. The second kappa shape index (κ2) is 8.19. The first-order valence-corrected chi connectivity index (χ1v) is 7.51. The number of carbonyl (C=O) groups excluding carboxylic acids is 2. The van der Waals surface area contributed by atoms with Crippen LogP contribution in [-0.4, -0.2) is 30.0 Å². The molecule has 120 valence electrons. The van der Waals surface area contributed by atoms with Gasteiger partial charge in [-0.1, -0.05) is 23.7 Å². The van der Waals surface area contributed by atoms with Gasteiger partial charge in [0.05, 0.1) is 6.42 Å². The van der Waals surface area contributed by atoms with Gasteiger partial charge in [-0.15, -0.1) is 0 Å². The second-order valence-corrected chi connectivity index (χ2v) is 5.39. The van der Waals surface area contributed by atoms with Crippen LogP contribution in [0.2, 0.25) is 5.02 Å². The van der Waals surface area contributed by atoms with Crippen molar-refractivity contribution in [3.63, 3.8) is 0 Å². The Balaban J connectivity index is 1.68. The summed E-state index contributed by atoms with van der Waals surface area (Å²) in [4.78, 5) is 23.6. The molecule has 0 aromatic heterocycles. The largest absolute Gasteiger partial charge is 0.508 e. The Morgan fingerprint density at radius 1 is 0.913 bits per heavy atom. The van der Waals surface area contributed by atoms with Crippen LogP contribution in [0.5, 0.6) is 5.75 Å². The van der Waals surface area contributed by atoms with Crippen molar-refractivity contribution in [2.24, 2.45) is 0 Å². The topological polar surface area (TPSA) is 78.4 Å². The Kier molecular flexibility index (Phi) is 6.00. The molecule has 0 aliphatic heterocycles. The maximum atomic E-state index is 11.8. The van der Waals surface area contributed by atoms with Crippen LogP contribution in [0, 0.1) is 0 Å². The number of phenolic OH excluding ortho intramolecular Hbond substituents is 1. The number of hydrogen-bond acceptors (Lipinski definition) is 3. The number of nitrogens with one attached hydrogen (secondary N) is 2. The summed E-state index contributed by atoms with van der Waals surface area (Å²) in [6.07, 6.45) is 0.267. The molecule has 0 saturated heterocycles. The zero-order valence-corrected chi connectivity index (χ0v) is 13.1. The lowest BCUT2D eigenvalue weighted by Crippen LogP contribution is -2.35. The Morgan fingerprint density at radius 2 is 1.52 bits per heavy atom. The molecule has 0 radical (unpaired) electrons. The minimum absolute atomic E-state index is 0.107. The predicted molar refractivity (Wildman–Crippen MR) is 88.6 cm³/mol. The van der Waals surface area contributed by atoms with Gasteiger partial charge in [0.15, 0.2) is 0 Å². The highest BCUT2D eigenvalue weighted by Crippen LogP contribution is 2.10. The molecule has 0 aliphatic rings. The third-order valence-corrected chi connectivity index (χ3v) is 3.39. The number of aromatic hydroxyl groups is 1. The summed E-state index contributed by atoms with van der Waals surface area (Å²) in [6.45, 7) is 0.669. The molecule has 2 aromatic carbocycles. The molecule has 0 heterocycles. The molecule has 2 rings (SSSR count). The Labute approximate surface area is 139 Å². The van der Waals surface area contributed by atoms with Crippen LogP contribution in [0.1, 0.15) is 15.9 Å². The van der Waals surface area contributed by atoms with E-state index in [1.54, 1.807) is 24.3 Å². The van der Waals surface area contributed by atoms with E-state index in [1.165, 1.54) is 24.3 Å². The number of benzene rings is 2. The quantitative estimate of drug-likeness (QED) is 0.709. The lowest BCUT2D eigenvalue weighted by Gasteiger charge is -2.07. The molecule has 23 heavy (non-hydrogen) atoms. The monoisotopic (exact) mass is 332 g/mol. The highest BCUT2D eigenvalue weighted by atomic mass is 35.5. The first-order chi connectivity index (χ1) is 11.0. The number of phenols is 1. The third-order valence-electron chi connectivity index (χ3n) is 3.14. The van der Waals surface area contributed by atoms with Gasteiger partial charge in [-0.3, -0.25) is 9.59 Å². The van der Waals surface area contributed by atoms with Crippen molar-refractivity contribution >= 4 is 23.4 Å². The number of rotatable bonds is 6. The molecule has 2 amide bonds. The van der Waals surface area contributed by atoms with Crippen LogP contribution in [-0.2, 0) is 11.2 Å². The predicted octanol–water partition coefficient (Wildman–Crippen LogP) is 2.13. The van der Waals surface area contributed by atoms with Gasteiger partial charge in [-0.05, 0) is 42.0 Å². The van der Waals surface area contributed by atoms with Crippen LogP contribution in [0.3, 0.4) is 0 Å². The molecule has 0 bridgehead atoms. The van der Waals surface area contributed by atoms with Crippen molar-refractivity contribution in [2.75, 3.05) is 13.1 Å². The van der Waals surface area contributed by atoms with Gasteiger partial charge in [-0.25, -0.2) is 0 Å². The fourth-order valence-electron chi connectivity index (χ4n) is 1.94. The van der Waals surface area contributed by atoms with Gasteiger partial charge in [0.25, 0.3) is 5.91 Å². The molecular formula is C17H17ClN2O3. The summed E-state index contributed by atoms with van der Waals surface area (Å²) in [5.74, 6) is -0.265. The molecule has 6 heteroatoms. The fourth-order valence-corrected chi connectivity index (χ4v) is 2.07. The second-order valence-electron chi connectivity index (χ2n) is 4.96. The van der Waals surface area contributed by atoms with Gasteiger partial charge in [0.2, 0.25) is 5.91 Å². The molecule has 3 N–H and O–H groups in total. The number of carbonyl (C=O) groups is 2. The van der Waals surface area contributed by atoms with Crippen molar-refractivity contribution in [2.45, 2.75) is 6.42 Å². The maximum absolute atomic E-state index is 11.8. The Bertz CT molecular complexity index is 669. The molecule has 5 nitrogen and oxygen atoms in total. The normalized spacial score (nSPS) is 10.1. The smallest absolute Gasteiger partial charge is 0.251 e. The van der Waals surface area contributed by atoms with Crippen molar-refractivity contribution in [3.8, 4) is 5.75 Å². The minimum Gasteiger partial charge on any atom is -0.508 e. The van der Waals surface area contributed by atoms with E-state index in [0.29, 0.717) is 23.7 Å². The highest BCUT2D eigenvalue weighted by Gasteiger charge is 2.06. The molecule has 0 spiro atoms. The molecule has 0 fully saturated rings. The summed E-state index contributed by atoms with van der Waals surface area (Å²) in [7, 11) is 0. The van der Waals surface area contributed by atoms with Crippen LogP contribution < -0.4 is 10.6 Å². The Morgan fingerprint density at radius 3 is 2.17 bits per heavy atom. The van der Waals surface area contributed by atoms with Crippen LogP contribution in [0.25, 0.3) is 0 Å². The van der Waals surface area contributed by atoms with E-state index in [9.17, 15) is 9.59 Å². The molecule has 0 atom stereocenters. The summed E-state index contributed by atoms with van der Waals surface area (Å²) in [6, 6.07) is 13.0. The lowest BCUT2D eigenvalue weighted by molar-refractivity contribution is -0.120. The molecule has 2 aromatic rings. The van der Waals surface area contributed by atoms with E-state index >= 15 is 0 Å². The zero-order valence-electron chi connectivity index (χ0n) is 12.4. The van der Waals surface area contributed by atoms with Crippen LogP contribution in [0.4, 0.5) is 0 Å². The Hall–Kier alpha value is -2.53. The zero-order chi connectivity index (χ0) is 16.7. The standard InChI is InChI=1S/C17H17ClN2O3/c18-14-5-1-12(2-6-14)11-16(22)19-9-10-20-17(23)13-3-7-15(21)8-4-13/h1-8,21H,9-11H2,(H,19,22)(H,20,23). The van der Waals surface area contributed by atoms with E-state index in [2.05, 4.69) is 10.6 Å². The average Bonchev–Trinajstić information content (AvgIpc) is 2.54. The van der Waals surface area contributed by atoms with E-state index in [4.69, 9.17) is 16.7 Å². The van der Waals surface area contributed by atoms with Gasteiger partial charge in [0.1, 0.15) is 5.75 Å². The molecule has 0 unspecified atom stereocenters. The van der Waals surface area contributed by atoms with E-state index in [1.807, 2.05) is 0 Å². The van der Waals surface area contributed by atoms with Gasteiger partial charge in [-0.2, -0.15) is 0 Å². The van der Waals surface area contributed by atoms with Crippen LogP contribution in [0.15, 0.2) is 48.5 Å². The van der Waals surface area contributed by atoms with Gasteiger partial charge < -0.3 is 15.7 Å². The fraction of sp³-hybridized carbons (Fsp3) is 0.176. The lowest BCUT2D eigenvalue weighted by atomic mass is 10.1. The van der Waals surface area contributed by atoms with Gasteiger partial charge >= 0.3 is 0 Å². The molecule has 0 saturated carbocycles. The first-order valence-electron chi connectivity index (χ1n) is 7.13. The average molecular weight is 333 g/mol. The van der Waals surface area contributed by atoms with Crippen molar-refractivity contribution in [1.82, 2.24) is 10.6 Å². The van der Waals surface area contributed by atoms with E-state index < -0.39 is 0 Å². The summed E-state index contributed by atoms with van der Waals surface area (Å²) < 4.78 is 0. The summed E-state index contributed by atoms with van der Waals surface area (Å²) in [5, 5.41) is 15.2. The van der Waals surface area contributed by atoms with E-state index in [-0.39, 0.29) is 24.0 Å². The first kappa shape index (κ1) is 16.8. The molecule has 0 aliphatic carbocycles. The number of amides is 2. The summed E-state index contributed by atoms with van der Waals surface area (Å²) >= 11 is 5.78. The maximum Gasteiger partial charge on any atom is 0.251 e. The highest BCUT2D eigenvalue weighted by molar-refractivity contribution is 6.30. The van der Waals surface area contributed by atoms with Crippen molar-refractivity contribution in [3.05, 3.63) is 64.7 Å². The SMILES string of the molecule is O=C(Cc1ccc(Cl)cc1)NCCNC(=O)c1ccc(O)cc1. The summed E-state index contributed by atoms with van der Waals surface area (Å²) in [5.41, 5.74) is 1.33. The third kappa shape index (κ3) is 5.64. The number of halogens is 1. The molecular weight excluding hydrogens is 316 g/mol. The van der Waals surface area contributed by atoms with E-state index in [0.717, 1.165) is 5.56 Å². The van der Waals surface area contributed by atoms with Crippen molar-refractivity contribution < 1.29 is 14.7 Å².